The lowest BCUT2D eigenvalue weighted by Crippen LogP contribution is -2.43. The molecule has 0 saturated carbocycles. The average molecular weight is 412 g/mol. The quantitative estimate of drug-likeness (QED) is 0.782. The predicted molar refractivity (Wildman–Crippen MR) is 108 cm³/mol. The fourth-order valence-electron chi connectivity index (χ4n) is 3.37. The minimum absolute atomic E-state index is 0.227. The number of nitrogens with zero attached hydrogens (tertiary/aromatic N) is 4. The van der Waals surface area contributed by atoms with E-state index in [-0.39, 0.29) is 6.54 Å². The van der Waals surface area contributed by atoms with Gasteiger partial charge in [-0.1, -0.05) is 35.0 Å². The summed E-state index contributed by atoms with van der Waals surface area (Å²) in [6.07, 6.45) is 0. The lowest BCUT2D eigenvalue weighted by molar-refractivity contribution is -0.123. The predicted octanol–water partition coefficient (Wildman–Crippen LogP) is 2.89. The zero-order valence-electron chi connectivity index (χ0n) is 15.8. The molecule has 0 bridgehead atoms. The van der Waals surface area contributed by atoms with E-state index < -0.39 is 29.8 Å². The first-order chi connectivity index (χ1) is 13.9. The summed E-state index contributed by atoms with van der Waals surface area (Å²) in [5, 5.41) is 12.1. The SMILES string of the molecule is Cc1ccc(N2C(=O)[C@H]3N=NN(CC(=O)Nc4ccccc4Cl)[C@@H]3C2=O)cc1C. The minimum Gasteiger partial charge on any atom is -0.323 e. The number of anilines is 2. The highest BCUT2D eigenvalue weighted by Gasteiger charge is 2.55. The molecule has 2 aliphatic rings. The van der Waals surface area contributed by atoms with E-state index in [1.165, 1.54) is 5.01 Å². The normalized spacial score (nSPS) is 20.4. The maximum Gasteiger partial charge on any atom is 0.263 e. The van der Waals surface area contributed by atoms with Crippen molar-refractivity contribution < 1.29 is 14.4 Å². The van der Waals surface area contributed by atoms with Gasteiger partial charge >= 0.3 is 0 Å². The molecule has 9 heteroatoms. The summed E-state index contributed by atoms with van der Waals surface area (Å²) in [4.78, 5) is 39.3. The highest BCUT2D eigenvalue weighted by Crippen LogP contribution is 2.32. The van der Waals surface area contributed by atoms with Gasteiger partial charge in [-0.25, -0.2) is 4.90 Å². The highest BCUT2D eigenvalue weighted by atomic mass is 35.5. The molecule has 1 fully saturated rings. The van der Waals surface area contributed by atoms with Crippen LogP contribution in [0.2, 0.25) is 5.02 Å². The number of benzene rings is 2. The number of aryl methyl sites for hydroxylation is 2. The maximum absolute atomic E-state index is 13.0. The topological polar surface area (TPSA) is 94.4 Å². The van der Waals surface area contributed by atoms with E-state index >= 15 is 0 Å². The summed E-state index contributed by atoms with van der Waals surface area (Å²) < 4.78 is 0. The third kappa shape index (κ3) is 3.36. The number of carbonyl (C=O) groups excluding carboxylic acids is 3. The van der Waals surface area contributed by atoms with Crippen LogP contribution in [0, 0.1) is 13.8 Å². The van der Waals surface area contributed by atoms with Gasteiger partial charge in [-0.05, 0) is 49.2 Å². The van der Waals surface area contributed by atoms with Crippen molar-refractivity contribution in [3.8, 4) is 0 Å². The van der Waals surface area contributed by atoms with Gasteiger partial charge < -0.3 is 5.32 Å². The summed E-state index contributed by atoms with van der Waals surface area (Å²) in [7, 11) is 0. The molecule has 1 saturated heterocycles. The number of hydrogen-bond donors (Lipinski definition) is 1. The van der Waals surface area contributed by atoms with Crippen LogP contribution < -0.4 is 10.2 Å². The molecule has 3 amide bonds. The molecular weight excluding hydrogens is 394 g/mol. The molecule has 29 heavy (non-hydrogen) atoms. The Balaban J connectivity index is 1.51. The Morgan fingerprint density at radius 3 is 2.59 bits per heavy atom. The first-order valence-corrected chi connectivity index (χ1v) is 9.41. The molecule has 2 atom stereocenters. The number of carbonyl (C=O) groups is 3. The Hall–Kier alpha value is -3.26. The fourth-order valence-corrected chi connectivity index (χ4v) is 3.56. The van der Waals surface area contributed by atoms with Crippen LogP contribution in [0.4, 0.5) is 11.4 Å². The fraction of sp³-hybridized carbons (Fsp3) is 0.250. The molecule has 8 nitrogen and oxygen atoms in total. The zero-order valence-corrected chi connectivity index (χ0v) is 16.6. The van der Waals surface area contributed by atoms with E-state index in [0.717, 1.165) is 16.0 Å². The monoisotopic (exact) mass is 411 g/mol. The van der Waals surface area contributed by atoms with Crippen molar-refractivity contribution in [1.29, 1.82) is 0 Å². The third-order valence-electron chi connectivity index (χ3n) is 5.06. The lowest BCUT2D eigenvalue weighted by Gasteiger charge is -2.20. The Kier molecular flexibility index (Phi) is 4.79. The number of hydrogen-bond acceptors (Lipinski definition) is 6. The van der Waals surface area contributed by atoms with E-state index in [9.17, 15) is 14.4 Å². The Morgan fingerprint density at radius 2 is 1.86 bits per heavy atom. The number of para-hydroxylation sites is 1. The molecule has 0 unspecified atom stereocenters. The minimum atomic E-state index is -0.947. The number of rotatable bonds is 4. The van der Waals surface area contributed by atoms with Crippen LogP contribution in [0.1, 0.15) is 11.1 Å². The first kappa shape index (κ1) is 19.1. The summed E-state index contributed by atoms with van der Waals surface area (Å²) in [6.45, 7) is 3.64. The van der Waals surface area contributed by atoms with Gasteiger partial charge in [0.2, 0.25) is 5.91 Å². The molecule has 2 aromatic rings. The molecule has 148 valence electrons. The summed E-state index contributed by atoms with van der Waals surface area (Å²) in [6, 6.07) is 10.3. The number of halogens is 1. The van der Waals surface area contributed by atoms with E-state index in [1.807, 2.05) is 19.9 Å². The van der Waals surface area contributed by atoms with E-state index in [1.54, 1.807) is 36.4 Å². The van der Waals surface area contributed by atoms with Gasteiger partial charge in [0.15, 0.2) is 12.1 Å². The molecule has 0 radical (unpaired) electrons. The molecule has 2 aliphatic heterocycles. The van der Waals surface area contributed by atoms with Gasteiger partial charge in [0.05, 0.1) is 16.4 Å². The van der Waals surface area contributed by atoms with Crippen molar-refractivity contribution in [2.24, 2.45) is 10.3 Å². The zero-order chi connectivity index (χ0) is 20.7. The number of nitrogens with one attached hydrogen (secondary N) is 1. The van der Waals surface area contributed by atoms with Gasteiger partial charge in [0.25, 0.3) is 11.8 Å². The largest absolute Gasteiger partial charge is 0.323 e. The van der Waals surface area contributed by atoms with E-state index in [0.29, 0.717) is 16.4 Å². The molecule has 0 aliphatic carbocycles. The maximum atomic E-state index is 13.0. The van der Waals surface area contributed by atoms with Crippen molar-refractivity contribution in [3.05, 3.63) is 58.6 Å². The van der Waals surface area contributed by atoms with Crippen molar-refractivity contribution in [3.63, 3.8) is 0 Å². The Bertz CT molecular complexity index is 1050. The number of fused-ring (bicyclic) bond motifs is 1. The van der Waals surface area contributed by atoms with Crippen LogP contribution in [0.3, 0.4) is 0 Å². The van der Waals surface area contributed by atoms with E-state index in [2.05, 4.69) is 15.7 Å². The third-order valence-corrected chi connectivity index (χ3v) is 5.39. The smallest absolute Gasteiger partial charge is 0.263 e. The second-order valence-electron chi connectivity index (χ2n) is 7.00. The summed E-state index contributed by atoms with van der Waals surface area (Å²) >= 11 is 6.05. The average Bonchev–Trinajstić information content (AvgIpc) is 3.20. The molecular formula is C20H18ClN5O3. The standard InChI is InChI=1S/C20H18ClN5O3/c1-11-7-8-13(9-12(11)2)26-19(28)17-18(20(26)29)25(24-23-17)10-16(27)22-15-6-4-3-5-14(15)21/h3-9,17-18H,10H2,1-2H3,(H,22,27)/t17-,18-/m0/s1. The molecule has 0 spiro atoms. The Morgan fingerprint density at radius 1 is 1.10 bits per heavy atom. The van der Waals surface area contributed by atoms with Crippen LogP contribution in [0.5, 0.6) is 0 Å². The van der Waals surface area contributed by atoms with Gasteiger partial charge in [-0.2, -0.15) is 5.11 Å². The van der Waals surface area contributed by atoms with Crippen LogP contribution in [-0.4, -0.2) is 41.4 Å². The van der Waals surface area contributed by atoms with Crippen molar-refractivity contribution in [1.82, 2.24) is 5.01 Å². The van der Waals surface area contributed by atoms with Crippen LogP contribution in [0.15, 0.2) is 52.8 Å². The second kappa shape index (κ2) is 7.29. The van der Waals surface area contributed by atoms with Gasteiger partial charge in [-0.3, -0.25) is 19.4 Å². The highest BCUT2D eigenvalue weighted by molar-refractivity contribution is 6.33. The van der Waals surface area contributed by atoms with Crippen molar-refractivity contribution in [2.75, 3.05) is 16.8 Å². The first-order valence-electron chi connectivity index (χ1n) is 9.03. The molecule has 1 N–H and O–H groups in total. The van der Waals surface area contributed by atoms with Crippen LogP contribution in [-0.2, 0) is 14.4 Å². The van der Waals surface area contributed by atoms with Crippen molar-refractivity contribution in [2.45, 2.75) is 25.9 Å². The second-order valence-corrected chi connectivity index (χ2v) is 7.41. The molecule has 0 aromatic heterocycles. The Labute approximate surface area is 172 Å². The summed E-state index contributed by atoms with van der Waals surface area (Å²) in [5.74, 6) is -1.30. The van der Waals surface area contributed by atoms with Crippen LogP contribution >= 0.6 is 11.6 Å². The summed E-state index contributed by atoms with van der Waals surface area (Å²) in [5.41, 5.74) is 2.98. The van der Waals surface area contributed by atoms with Gasteiger partial charge in [-0.15, -0.1) is 0 Å². The van der Waals surface area contributed by atoms with E-state index in [4.69, 9.17) is 11.6 Å². The van der Waals surface area contributed by atoms with Crippen LogP contribution in [0.25, 0.3) is 0 Å². The molecule has 4 rings (SSSR count). The molecule has 2 aromatic carbocycles. The lowest BCUT2D eigenvalue weighted by atomic mass is 10.1. The number of amides is 3. The van der Waals surface area contributed by atoms with Crippen molar-refractivity contribution >= 4 is 40.7 Å². The van der Waals surface area contributed by atoms with Gasteiger partial charge in [0, 0.05) is 0 Å². The molecule has 2 heterocycles. The number of imide groups is 1. The van der Waals surface area contributed by atoms with Gasteiger partial charge in [0.1, 0.15) is 6.54 Å².